The van der Waals surface area contributed by atoms with E-state index in [1.54, 1.807) is 48.9 Å². The zero-order chi connectivity index (χ0) is 17.9. The first-order valence-corrected chi connectivity index (χ1v) is 10.3. The third-order valence-corrected chi connectivity index (χ3v) is 7.56. The molecule has 0 bridgehead atoms. The summed E-state index contributed by atoms with van der Waals surface area (Å²) in [6.45, 7) is 0.790. The number of amides is 1. The minimum absolute atomic E-state index is 0.214. The number of nitrogens with one attached hydrogen (secondary N) is 1. The number of benzene rings is 1. The van der Waals surface area contributed by atoms with Crippen LogP contribution in [-0.4, -0.2) is 44.9 Å². The molecule has 134 valence electrons. The minimum Gasteiger partial charge on any atom is -0.497 e. The van der Waals surface area contributed by atoms with Crippen LogP contribution >= 0.6 is 11.3 Å². The molecule has 1 aromatic heterocycles. The van der Waals surface area contributed by atoms with Crippen LogP contribution in [0.4, 0.5) is 0 Å². The molecule has 1 fully saturated rings. The Labute approximate surface area is 151 Å². The molecule has 1 N–H and O–H groups in total. The maximum absolute atomic E-state index is 12.7. The van der Waals surface area contributed by atoms with E-state index in [4.69, 9.17) is 4.74 Å². The van der Waals surface area contributed by atoms with Gasteiger partial charge in [0.25, 0.3) is 15.9 Å². The summed E-state index contributed by atoms with van der Waals surface area (Å²) in [6, 6.07) is 9.94. The van der Waals surface area contributed by atoms with Gasteiger partial charge in [-0.25, -0.2) is 8.42 Å². The number of sulfonamides is 1. The number of thiophene rings is 1. The summed E-state index contributed by atoms with van der Waals surface area (Å²) in [5.74, 6) is 0.462. The zero-order valence-electron chi connectivity index (χ0n) is 13.8. The van der Waals surface area contributed by atoms with Crippen molar-refractivity contribution < 1.29 is 17.9 Å². The highest BCUT2D eigenvalue weighted by atomic mass is 32.2. The molecule has 0 unspecified atom stereocenters. The van der Waals surface area contributed by atoms with Gasteiger partial charge in [-0.3, -0.25) is 4.79 Å². The summed E-state index contributed by atoms with van der Waals surface area (Å²) in [5.41, 5.74) is 0.520. The molecule has 0 saturated carbocycles. The molecule has 1 aliphatic heterocycles. The van der Waals surface area contributed by atoms with Gasteiger partial charge in [-0.05, 0) is 48.6 Å². The normalized spacial score (nSPS) is 18.2. The minimum atomic E-state index is -3.48. The first kappa shape index (κ1) is 17.9. The predicted octanol–water partition coefficient (Wildman–Crippen LogP) is 2.34. The van der Waals surface area contributed by atoms with Crippen LogP contribution in [0.1, 0.15) is 23.2 Å². The number of ether oxygens (including phenoxy) is 1. The summed E-state index contributed by atoms with van der Waals surface area (Å²) in [7, 11) is -1.91. The molecule has 1 saturated heterocycles. The average Bonchev–Trinajstić information content (AvgIpc) is 3.31. The van der Waals surface area contributed by atoms with Gasteiger partial charge < -0.3 is 10.1 Å². The van der Waals surface area contributed by atoms with Crippen LogP contribution in [0.2, 0.25) is 0 Å². The molecule has 2 heterocycles. The Bertz CT molecular complexity index is 817. The molecule has 1 aromatic carbocycles. The molecule has 6 nitrogen and oxygen atoms in total. The van der Waals surface area contributed by atoms with E-state index in [9.17, 15) is 13.2 Å². The number of hydrogen-bond acceptors (Lipinski definition) is 5. The van der Waals surface area contributed by atoms with Crippen molar-refractivity contribution in [1.82, 2.24) is 9.62 Å². The van der Waals surface area contributed by atoms with E-state index in [1.165, 1.54) is 15.6 Å². The number of nitrogens with zero attached hydrogens (tertiary/aromatic N) is 1. The second-order valence-electron chi connectivity index (χ2n) is 5.78. The van der Waals surface area contributed by atoms with Crippen LogP contribution in [0.25, 0.3) is 0 Å². The van der Waals surface area contributed by atoms with Crippen molar-refractivity contribution in [3.05, 3.63) is 47.3 Å². The molecule has 1 atom stereocenters. The van der Waals surface area contributed by atoms with Gasteiger partial charge >= 0.3 is 0 Å². The summed E-state index contributed by atoms with van der Waals surface area (Å²) >= 11 is 1.21. The molecule has 0 spiro atoms. The van der Waals surface area contributed by atoms with Gasteiger partial charge in [-0.1, -0.05) is 6.07 Å². The fourth-order valence-corrected chi connectivity index (χ4v) is 5.72. The molecule has 0 aliphatic carbocycles. The second-order valence-corrected chi connectivity index (χ2v) is 8.85. The maximum Gasteiger partial charge on any atom is 0.252 e. The van der Waals surface area contributed by atoms with Crippen molar-refractivity contribution in [2.45, 2.75) is 23.1 Å². The Kier molecular flexibility index (Phi) is 5.41. The van der Waals surface area contributed by atoms with Crippen LogP contribution in [0.5, 0.6) is 5.75 Å². The number of hydrogen-bond donors (Lipinski definition) is 1. The lowest BCUT2D eigenvalue weighted by Crippen LogP contribution is -2.42. The molecule has 2 aromatic rings. The van der Waals surface area contributed by atoms with E-state index in [0.29, 0.717) is 28.6 Å². The van der Waals surface area contributed by atoms with Gasteiger partial charge in [0, 0.05) is 24.7 Å². The summed E-state index contributed by atoms with van der Waals surface area (Å²) < 4.78 is 32.3. The van der Waals surface area contributed by atoms with Gasteiger partial charge in [0.1, 0.15) is 9.96 Å². The first-order chi connectivity index (χ1) is 12.0. The van der Waals surface area contributed by atoms with E-state index in [0.717, 1.165) is 12.8 Å². The highest BCUT2D eigenvalue weighted by molar-refractivity contribution is 7.91. The summed E-state index contributed by atoms with van der Waals surface area (Å²) in [5, 5.41) is 4.60. The van der Waals surface area contributed by atoms with Gasteiger partial charge in [-0.2, -0.15) is 4.31 Å². The molecule has 1 amide bonds. The Morgan fingerprint density at radius 3 is 2.72 bits per heavy atom. The predicted molar refractivity (Wildman–Crippen MR) is 96.6 cm³/mol. The molecular formula is C17H20N2O4S2. The van der Waals surface area contributed by atoms with Gasteiger partial charge in [0.15, 0.2) is 0 Å². The lowest BCUT2D eigenvalue weighted by Gasteiger charge is -2.23. The van der Waals surface area contributed by atoms with E-state index in [-0.39, 0.29) is 11.9 Å². The quantitative estimate of drug-likeness (QED) is 0.835. The van der Waals surface area contributed by atoms with E-state index in [2.05, 4.69) is 5.32 Å². The fourth-order valence-electron chi connectivity index (χ4n) is 2.91. The molecule has 8 heteroatoms. The van der Waals surface area contributed by atoms with E-state index in [1.807, 2.05) is 0 Å². The molecular weight excluding hydrogens is 360 g/mol. The lowest BCUT2D eigenvalue weighted by atomic mass is 10.2. The smallest absolute Gasteiger partial charge is 0.252 e. The fraction of sp³-hybridized carbons (Fsp3) is 0.353. The van der Waals surface area contributed by atoms with Crippen molar-refractivity contribution in [2.24, 2.45) is 0 Å². The number of rotatable bonds is 6. The first-order valence-electron chi connectivity index (χ1n) is 8.00. The second kappa shape index (κ2) is 7.55. The molecule has 3 rings (SSSR count). The Hall–Kier alpha value is -1.90. The molecule has 0 radical (unpaired) electrons. The van der Waals surface area contributed by atoms with Gasteiger partial charge in [0.2, 0.25) is 0 Å². The molecule has 1 aliphatic rings. The Morgan fingerprint density at radius 2 is 2.08 bits per heavy atom. The summed E-state index contributed by atoms with van der Waals surface area (Å²) in [6.07, 6.45) is 1.54. The van der Waals surface area contributed by atoms with E-state index >= 15 is 0 Å². The SMILES string of the molecule is COc1ccc(C(=O)NC[C@H]2CCCN2S(=O)(=O)c2cccs2)cc1. The summed E-state index contributed by atoms with van der Waals surface area (Å²) in [4.78, 5) is 12.3. The highest BCUT2D eigenvalue weighted by Gasteiger charge is 2.35. The van der Waals surface area contributed by atoms with Crippen molar-refractivity contribution in [3.63, 3.8) is 0 Å². The monoisotopic (exact) mass is 380 g/mol. The van der Waals surface area contributed by atoms with Crippen LogP contribution in [0, 0.1) is 0 Å². The highest BCUT2D eigenvalue weighted by Crippen LogP contribution is 2.28. The van der Waals surface area contributed by atoms with Gasteiger partial charge in [-0.15, -0.1) is 11.3 Å². The topological polar surface area (TPSA) is 75.7 Å². The zero-order valence-corrected chi connectivity index (χ0v) is 15.5. The third-order valence-electron chi connectivity index (χ3n) is 4.23. The number of carbonyl (C=O) groups is 1. The van der Waals surface area contributed by atoms with Crippen molar-refractivity contribution in [1.29, 1.82) is 0 Å². The Morgan fingerprint density at radius 1 is 1.32 bits per heavy atom. The van der Waals surface area contributed by atoms with E-state index < -0.39 is 10.0 Å². The van der Waals surface area contributed by atoms with Crippen LogP contribution in [0.15, 0.2) is 46.0 Å². The maximum atomic E-state index is 12.7. The number of methoxy groups -OCH3 is 1. The standard InChI is InChI=1S/C17H20N2O4S2/c1-23-15-8-6-13(7-9-15)17(20)18-12-14-4-2-10-19(14)25(21,22)16-5-3-11-24-16/h3,5-9,11,14H,2,4,10,12H2,1H3,(H,18,20)/t14-/m1/s1. The van der Waals surface area contributed by atoms with Gasteiger partial charge in [0.05, 0.1) is 7.11 Å². The number of carbonyl (C=O) groups excluding carboxylic acids is 1. The van der Waals surface area contributed by atoms with Crippen LogP contribution in [-0.2, 0) is 10.0 Å². The van der Waals surface area contributed by atoms with Crippen molar-refractivity contribution >= 4 is 27.3 Å². The van der Waals surface area contributed by atoms with Crippen molar-refractivity contribution in [3.8, 4) is 5.75 Å². The van der Waals surface area contributed by atoms with Crippen LogP contribution in [0.3, 0.4) is 0 Å². The third kappa shape index (κ3) is 3.86. The van der Waals surface area contributed by atoms with Crippen molar-refractivity contribution in [2.75, 3.05) is 20.2 Å². The van der Waals surface area contributed by atoms with Crippen LogP contribution < -0.4 is 10.1 Å². The largest absolute Gasteiger partial charge is 0.497 e. The Balaban J connectivity index is 1.64. The molecule has 25 heavy (non-hydrogen) atoms. The lowest BCUT2D eigenvalue weighted by molar-refractivity contribution is 0.0946. The average molecular weight is 380 g/mol.